The molecule has 0 bridgehead atoms. The topological polar surface area (TPSA) is 55.1 Å². The van der Waals surface area contributed by atoms with E-state index in [1.165, 1.54) is 5.56 Å². The van der Waals surface area contributed by atoms with E-state index in [-0.39, 0.29) is 11.3 Å². The molecule has 0 spiro atoms. The van der Waals surface area contributed by atoms with Gasteiger partial charge in [0.2, 0.25) is 5.91 Å². The molecule has 110 valence electrons. The molecule has 0 saturated heterocycles. The molecule has 1 amide bonds. The smallest absolute Gasteiger partial charge is 0.241 e. The van der Waals surface area contributed by atoms with Crippen LogP contribution >= 0.6 is 0 Å². The van der Waals surface area contributed by atoms with Crippen LogP contribution in [0.3, 0.4) is 0 Å². The lowest BCUT2D eigenvalue weighted by Gasteiger charge is -2.26. The molecule has 0 aliphatic carbocycles. The lowest BCUT2D eigenvalue weighted by Crippen LogP contribution is -2.41. The van der Waals surface area contributed by atoms with Gasteiger partial charge in [-0.2, -0.15) is 0 Å². The normalized spacial score (nSPS) is 12.7. The highest BCUT2D eigenvalue weighted by molar-refractivity contribution is 5.83. The molecule has 3 nitrogen and oxygen atoms in total. The Kier molecular flexibility index (Phi) is 4.76. The quantitative estimate of drug-likeness (QED) is 0.886. The highest BCUT2D eigenvalue weighted by Crippen LogP contribution is 2.22. The first-order valence-corrected chi connectivity index (χ1v) is 7.14. The Morgan fingerprint density at radius 3 is 2.14 bits per heavy atom. The van der Waals surface area contributed by atoms with Crippen LogP contribution in [0.4, 0.5) is 0 Å². The van der Waals surface area contributed by atoms with Crippen LogP contribution in [0.15, 0.2) is 60.7 Å². The summed E-state index contributed by atoms with van der Waals surface area (Å²) in [5.74, 6) is -0.148. The number of nitrogens with one attached hydrogen (secondary N) is 1. The lowest BCUT2D eigenvalue weighted by atomic mass is 9.84. The maximum atomic E-state index is 12.2. The van der Waals surface area contributed by atoms with Crippen molar-refractivity contribution < 1.29 is 4.79 Å². The minimum absolute atomic E-state index is 0.132. The maximum Gasteiger partial charge on any atom is 0.241 e. The molecule has 1 atom stereocenters. The number of carbonyl (C=O) groups excluding carboxylic acids is 1. The molecule has 21 heavy (non-hydrogen) atoms. The van der Waals surface area contributed by atoms with Crippen molar-refractivity contribution in [1.82, 2.24) is 5.32 Å². The molecule has 2 aromatic rings. The Hall–Kier alpha value is -2.13. The second-order valence-corrected chi connectivity index (χ2v) is 5.86. The summed E-state index contributed by atoms with van der Waals surface area (Å²) in [5, 5.41) is 2.96. The summed E-state index contributed by atoms with van der Waals surface area (Å²) in [6, 6.07) is 18.9. The summed E-state index contributed by atoms with van der Waals surface area (Å²) in [5.41, 5.74) is 7.88. The number of benzene rings is 2. The lowest BCUT2D eigenvalue weighted by molar-refractivity contribution is -0.122. The van der Waals surface area contributed by atoms with Gasteiger partial charge in [0, 0.05) is 12.0 Å². The second kappa shape index (κ2) is 6.55. The molecule has 0 unspecified atom stereocenters. The van der Waals surface area contributed by atoms with E-state index in [9.17, 15) is 4.79 Å². The molecular formula is C18H22N2O. The third-order valence-corrected chi connectivity index (χ3v) is 3.70. The molecule has 0 aliphatic rings. The van der Waals surface area contributed by atoms with Gasteiger partial charge in [0.1, 0.15) is 6.04 Å². The van der Waals surface area contributed by atoms with Crippen molar-refractivity contribution in [2.45, 2.75) is 25.3 Å². The van der Waals surface area contributed by atoms with Gasteiger partial charge in [-0.15, -0.1) is 0 Å². The molecule has 2 aromatic carbocycles. The van der Waals surface area contributed by atoms with Gasteiger partial charge in [0.15, 0.2) is 0 Å². The van der Waals surface area contributed by atoms with Crippen molar-refractivity contribution in [3.05, 3.63) is 71.8 Å². The van der Waals surface area contributed by atoms with Crippen molar-refractivity contribution >= 4 is 5.91 Å². The molecule has 0 aromatic heterocycles. The summed E-state index contributed by atoms with van der Waals surface area (Å²) in [6.45, 7) is 4.77. The third kappa shape index (κ3) is 3.92. The Morgan fingerprint density at radius 2 is 1.57 bits per heavy atom. The fourth-order valence-corrected chi connectivity index (χ4v) is 2.22. The van der Waals surface area contributed by atoms with Crippen molar-refractivity contribution in [3.63, 3.8) is 0 Å². The van der Waals surface area contributed by atoms with E-state index >= 15 is 0 Å². The number of nitrogens with two attached hydrogens (primary N) is 1. The van der Waals surface area contributed by atoms with Gasteiger partial charge in [0.25, 0.3) is 0 Å². The number of carbonyl (C=O) groups is 1. The molecule has 2 rings (SSSR count). The van der Waals surface area contributed by atoms with Crippen LogP contribution in [0.25, 0.3) is 0 Å². The maximum absolute atomic E-state index is 12.2. The molecule has 3 heteroatoms. The van der Waals surface area contributed by atoms with Gasteiger partial charge in [-0.25, -0.2) is 0 Å². The van der Waals surface area contributed by atoms with Gasteiger partial charge in [-0.1, -0.05) is 74.5 Å². The first-order chi connectivity index (χ1) is 10.0. The number of amides is 1. The van der Waals surface area contributed by atoms with E-state index in [0.29, 0.717) is 6.54 Å². The largest absolute Gasteiger partial charge is 0.354 e. The Bertz CT molecular complexity index is 579. The van der Waals surface area contributed by atoms with Crippen LogP contribution in [0.2, 0.25) is 0 Å². The molecule has 0 radical (unpaired) electrons. The van der Waals surface area contributed by atoms with Crippen LogP contribution in [0, 0.1) is 0 Å². The molecule has 3 N–H and O–H groups in total. The van der Waals surface area contributed by atoms with E-state index in [1.807, 2.05) is 48.5 Å². The zero-order chi connectivity index (χ0) is 15.3. The van der Waals surface area contributed by atoms with Crippen LogP contribution in [0.1, 0.15) is 31.0 Å². The highest BCUT2D eigenvalue weighted by Gasteiger charge is 2.23. The van der Waals surface area contributed by atoms with Crippen molar-refractivity contribution in [1.29, 1.82) is 0 Å². The molecule has 0 heterocycles. The minimum Gasteiger partial charge on any atom is -0.354 e. The van der Waals surface area contributed by atoms with E-state index in [0.717, 1.165) is 5.56 Å². The SMILES string of the molecule is CC(C)(CNC(=O)[C@H](N)c1ccccc1)c1ccccc1. The summed E-state index contributed by atoms with van der Waals surface area (Å²) in [6.07, 6.45) is 0. The molecule has 0 fully saturated rings. The highest BCUT2D eigenvalue weighted by atomic mass is 16.2. The van der Waals surface area contributed by atoms with Crippen LogP contribution in [-0.4, -0.2) is 12.5 Å². The fraction of sp³-hybridized carbons (Fsp3) is 0.278. The summed E-state index contributed by atoms with van der Waals surface area (Å²) in [4.78, 5) is 12.2. The third-order valence-electron chi connectivity index (χ3n) is 3.70. The van der Waals surface area contributed by atoms with Crippen molar-refractivity contribution in [2.75, 3.05) is 6.54 Å². The predicted molar refractivity (Wildman–Crippen MR) is 85.8 cm³/mol. The summed E-state index contributed by atoms with van der Waals surface area (Å²) >= 11 is 0. The Morgan fingerprint density at radius 1 is 1.05 bits per heavy atom. The van der Waals surface area contributed by atoms with E-state index < -0.39 is 6.04 Å². The van der Waals surface area contributed by atoms with Gasteiger partial charge in [0.05, 0.1) is 0 Å². The number of rotatable bonds is 5. The Balaban J connectivity index is 1.98. The Labute approximate surface area is 126 Å². The zero-order valence-electron chi connectivity index (χ0n) is 12.5. The van der Waals surface area contributed by atoms with Crippen LogP contribution in [-0.2, 0) is 10.2 Å². The first-order valence-electron chi connectivity index (χ1n) is 7.14. The van der Waals surface area contributed by atoms with Crippen molar-refractivity contribution in [2.24, 2.45) is 5.73 Å². The van der Waals surface area contributed by atoms with Crippen molar-refractivity contribution in [3.8, 4) is 0 Å². The standard InChI is InChI=1S/C18H22N2O/c1-18(2,15-11-7-4-8-12-15)13-20-17(21)16(19)14-9-5-3-6-10-14/h3-12,16H,13,19H2,1-2H3,(H,20,21)/t16-/m1/s1. The predicted octanol–water partition coefficient (Wildman–Crippen LogP) is 2.78. The van der Waals surface area contributed by atoms with E-state index in [4.69, 9.17) is 5.73 Å². The number of hydrogen-bond donors (Lipinski definition) is 2. The van der Waals surface area contributed by atoms with Crippen LogP contribution in [0.5, 0.6) is 0 Å². The van der Waals surface area contributed by atoms with Gasteiger partial charge >= 0.3 is 0 Å². The van der Waals surface area contributed by atoms with Gasteiger partial charge in [-0.3, -0.25) is 4.79 Å². The first kappa shape index (κ1) is 15.3. The van der Waals surface area contributed by atoms with Gasteiger partial charge < -0.3 is 11.1 Å². The summed E-state index contributed by atoms with van der Waals surface area (Å²) in [7, 11) is 0. The van der Waals surface area contributed by atoms with Crippen LogP contribution < -0.4 is 11.1 Å². The fourth-order valence-electron chi connectivity index (χ4n) is 2.22. The molecule has 0 aliphatic heterocycles. The molecular weight excluding hydrogens is 260 g/mol. The monoisotopic (exact) mass is 282 g/mol. The average Bonchev–Trinajstić information content (AvgIpc) is 2.53. The second-order valence-electron chi connectivity index (χ2n) is 5.86. The van der Waals surface area contributed by atoms with Gasteiger partial charge in [-0.05, 0) is 11.1 Å². The summed E-state index contributed by atoms with van der Waals surface area (Å²) < 4.78 is 0. The number of hydrogen-bond acceptors (Lipinski definition) is 2. The van der Waals surface area contributed by atoms with E-state index in [1.54, 1.807) is 0 Å². The zero-order valence-corrected chi connectivity index (χ0v) is 12.5. The van der Waals surface area contributed by atoms with E-state index in [2.05, 4.69) is 31.3 Å². The average molecular weight is 282 g/mol. The molecule has 0 saturated carbocycles. The minimum atomic E-state index is -0.627.